The van der Waals surface area contributed by atoms with Crippen LogP contribution < -0.4 is 15.0 Å². The fourth-order valence-electron chi connectivity index (χ4n) is 1.79. The number of halogens is 1. The van der Waals surface area contributed by atoms with Gasteiger partial charge in [-0.3, -0.25) is 0 Å². The first kappa shape index (κ1) is 17.4. The minimum Gasteiger partial charge on any atom is -0.491 e. The zero-order valence-corrected chi connectivity index (χ0v) is 14.3. The molecule has 1 aromatic carbocycles. The molecule has 0 amide bonds. The van der Waals surface area contributed by atoms with Crippen molar-refractivity contribution in [1.82, 2.24) is 0 Å². The van der Waals surface area contributed by atoms with E-state index in [1.807, 2.05) is 19.1 Å². The Hall–Kier alpha value is -0.620. The van der Waals surface area contributed by atoms with Crippen LogP contribution in [0.25, 0.3) is 0 Å². The second-order valence-corrected chi connectivity index (χ2v) is 6.11. The summed E-state index contributed by atoms with van der Waals surface area (Å²) in [5, 5.41) is 2.30. The molecule has 0 unspecified atom stereocenters. The van der Waals surface area contributed by atoms with Crippen molar-refractivity contribution in [3.63, 3.8) is 0 Å². The second-order valence-electron chi connectivity index (χ2n) is 5.19. The lowest BCUT2D eigenvalue weighted by Gasteiger charge is -2.10. The number of nitrogens with one attached hydrogen (secondary N) is 1. The van der Waals surface area contributed by atoms with Crippen molar-refractivity contribution in [2.45, 2.75) is 6.92 Å². The number of nitrogens with two attached hydrogens (primary N) is 1. The molecule has 1 rings (SSSR count). The number of hydrogen-bond donors (Lipinski definition) is 2. The van der Waals surface area contributed by atoms with Crippen molar-refractivity contribution in [2.24, 2.45) is 0 Å². The van der Waals surface area contributed by atoms with Crippen LogP contribution in [-0.2, 0) is 4.74 Å². The van der Waals surface area contributed by atoms with Gasteiger partial charge in [0.2, 0.25) is 0 Å². The van der Waals surface area contributed by atoms with Crippen molar-refractivity contribution >= 4 is 15.9 Å². The lowest BCUT2D eigenvalue weighted by atomic mass is 10.2. The van der Waals surface area contributed by atoms with Gasteiger partial charge in [0.1, 0.15) is 25.4 Å². The summed E-state index contributed by atoms with van der Waals surface area (Å²) in [6.45, 7) is 7.43. The Balaban J connectivity index is 1.99. The highest BCUT2D eigenvalue weighted by Gasteiger charge is 2.00. The van der Waals surface area contributed by atoms with E-state index in [1.54, 1.807) is 0 Å². The maximum Gasteiger partial charge on any atom is 0.126 e. The lowest BCUT2D eigenvalue weighted by molar-refractivity contribution is -0.874. The van der Waals surface area contributed by atoms with E-state index in [4.69, 9.17) is 9.47 Å². The van der Waals surface area contributed by atoms with Crippen LogP contribution in [0.4, 0.5) is 0 Å². The van der Waals surface area contributed by atoms with E-state index in [2.05, 4.69) is 41.4 Å². The topological polar surface area (TPSA) is 39.5 Å². The Kier molecular flexibility index (Phi) is 8.85. The molecule has 5 heteroatoms. The predicted molar refractivity (Wildman–Crippen MR) is 84.5 cm³/mol. The summed E-state index contributed by atoms with van der Waals surface area (Å²) in [4.78, 5) is 1.49. The SMILES string of the molecule is Cc1cc(Br)ccc1OCCOCC[NH2+]CC[NH+](C)C. The van der Waals surface area contributed by atoms with Gasteiger partial charge in [-0.05, 0) is 30.7 Å². The molecule has 114 valence electrons. The first-order valence-electron chi connectivity index (χ1n) is 7.17. The molecule has 0 spiro atoms. The van der Waals surface area contributed by atoms with Crippen LogP contribution in [0, 0.1) is 6.92 Å². The van der Waals surface area contributed by atoms with Crippen LogP contribution in [0.3, 0.4) is 0 Å². The summed E-state index contributed by atoms with van der Waals surface area (Å²) in [6, 6.07) is 6.03. The Bertz CT molecular complexity index is 386. The van der Waals surface area contributed by atoms with Gasteiger partial charge in [0.15, 0.2) is 0 Å². The Morgan fingerprint density at radius 1 is 1.15 bits per heavy atom. The number of ether oxygens (including phenoxy) is 2. The van der Waals surface area contributed by atoms with Gasteiger partial charge >= 0.3 is 0 Å². The molecule has 0 atom stereocenters. The standard InChI is InChI=1S/C15H25BrN2O2/c1-13-12-14(16)4-5-15(13)20-11-10-19-9-7-17-6-8-18(2)3/h4-5,12,17H,6-11H2,1-3H3/p+2. The van der Waals surface area contributed by atoms with Crippen LogP contribution in [0.5, 0.6) is 5.75 Å². The molecule has 1 aromatic rings. The third kappa shape index (κ3) is 7.85. The van der Waals surface area contributed by atoms with Gasteiger partial charge < -0.3 is 19.7 Å². The van der Waals surface area contributed by atoms with E-state index in [-0.39, 0.29) is 0 Å². The van der Waals surface area contributed by atoms with Crippen LogP contribution in [-0.4, -0.2) is 53.6 Å². The minimum atomic E-state index is 0.602. The number of quaternary nitrogens is 2. The Labute approximate surface area is 130 Å². The monoisotopic (exact) mass is 346 g/mol. The van der Waals surface area contributed by atoms with Gasteiger partial charge in [-0.2, -0.15) is 0 Å². The highest BCUT2D eigenvalue weighted by atomic mass is 79.9. The molecular formula is C15H27BrN2O2+2. The molecule has 0 aliphatic carbocycles. The quantitative estimate of drug-likeness (QED) is 0.579. The van der Waals surface area contributed by atoms with E-state index >= 15 is 0 Å². The minimum absolute atomic E-state index is 0.602. The lowest BCUT2D eigenvalue weighted by Crippen LogP contribution is -3.09. The van der Waals surface area contributed by atoms with Crippen LogP contribution in [0.15, 0.2) is 22.7 Å². The van der Waals surface area contributed by atoms with Crippen molar-refractivity contribution in [1.29, 1.82) is 0 Å². The average Bonchev–Trinajstić information content (AvgIpc) is 2.38. The van der Waals surface area contributed by atoms with Crippen molar-refractivity contribution in [3.05, 3.63) is 28.2 Å². The molecule has 4 nitrogen and oxygen atoms in total. The summed E-state index contributed by atoms with van der Waals surface area (Å²) >= 11 is 3.44. The number of hydrogen-bond acceptors (Lipinski definition) is 2. The molecule has 0 saturated carbocycles. The van der Waals surface area contributed by atoms with Crippen molar-refractivity contribution in [2.75, 3.05) is 53.6 Å². The molecule has 0 bridgehead atoms. The fourth-order valence-corrected chi connectivity index (χ4v) is 2.26. The largest absolute Gasteiger partial charge is 0.491 e. The van der Waals surface area contributed by atoms with Crippen LogP contribution >= 0.6 is 15.9 Å². The van der Waals surface area contributed by atoms with Crippen molar-refractivity contribution < 1.29 is 19.7 Å². The molecule has 0 aromatic heterocycles. The summed E-state index contributed by atoms with van der Waals surface area (Å²) in [5.41, 5.74) is 1.14. The van der Waals surface area contributed by atoms with Crippen LogP contribution in [0.1, 0.15) is 5.56 Å². The van der Waals surface area contributed by atoms with E-state index in [1.165, 1.54) is 11.4 Å². The zero-order valence-electron chi connectivity index (χ0n) is 12.7. The third-order valence-corrected chi connectivity index (χ3v) is 3.43. The molecular weight excluding hydrogens is 320 g/mol. The van der Waals surface area contributed by atoms with Gasteiger partial charge in [-0.25, -0.2) is 0 Å². The molecule has 0 aliphatic heterocycles. The van der Waals surface area contributed by atoms with Gasteiger partial charge in [0, 0.05) is 4.47 Å². The maximum atomic E-state index is 5.69. The normalized spacial score (nSPS) is 11.1. The smallest absolute Gasteiger partial charge is 0.126 e. The van der Waals surface area contributed by atoms with Crippen molar-refractivity contribution in [3.8, 4) is 5.75 Å². The van der Waals surface area contributed by atoms with Gasteiger partial charge in [0.05, 0.1) is 33.9 Å². The number of likely N-dealkylation sites (N-methyl/N-ethyl adjacent to an activating group) is 1. The Morgan fingerprint density at radius 2 is 1.95 bits per heavy atom. The molecule has 0 fully saturated rings. The van der Waals surface area contributed by atoms with Gasteiger partial charge in [0.25, 0.3) is 0 Å². The number of aryl methyl sites for hydroxylation is 1. The summed E-state index contributed by atoms with van der Waals surface area (Å²) in [7, 11) is 4.34. The molecule has 0 radical (unpaired) electrons. The second kappa shape index (κ2) is 10.2. The zero-order chi connectivity index (χ0) is 14.8. The molecule has 0 aliphatic rings. The highest BCUT2D eigenvalue weighted by Crippen LogP contribution is 2.21. The van der Waals surface area contributed by atoms with E-state index in [0.29, 0.717) is 13.2 Å². The third-order valence-electron chi connectivity index (χ3n) is 2.94. The first-order chi connectivity index (χ1) is 9.59. The Morgan fingerprint density at radius 3 is 2.65 bits per heavy atom. The van der Waals surface area contributed by atoms with Gasteiger partial charge in [-0.15, -0.1) is 0 Å². The number of benzene rings is 1. The fraction of sp³-hybridized carbons (Fsp3) is 0.600. The molecule has 3 N–H and O–H groups in total. The molecule has 0 saturated heterocycles. The summed E-state index contributed by atoms with van der Waals surface area (Å²) in [6.07, 6.45) is 0. The summed E-state index contributed by atoms with van der Waals surface area (Å²) in [5.74, 6) is 0.928. The molecule has 0 heterocycles. The van der Waals surface area contributed by atoms with Gasteiger partial charge in [-0.1, -0.05) is 15.9 Å². The highest BCUT2D eigenvalue weighted by molar-refractivity contribution is 9.10. The number of rotatable bonds is 10. The average molecular weight is 347 g/mol. The van der Waals surface area contributed by atoms with Crippen LogP contribution in [0.2, 0.25) is 0 Å². The van der Waals surface area contributed by atoms with E-state index < -0.39 is 0 Å². The van der Waals surface area contributed by atoms with E-state index in [0.717, 1.165) is 35.5 Å². The predicted octanol–water partition coefficient (Wildman–Crippen LogP) is -0.139. The molecule has 20 heavy (non-hydrogen) atoms. The summed E-state index contributed by atoms with van der Waals surface area (Å²) < 4.78 is 12.3. The maximum absolute atomic E-state index is 5.69. The van der Waals surface area contributed by atoms with E-state index in [9.17, 15) is 0 Å². The first-order valence-corrected chi connectivity index (χ1v) is 7.96.